The molecule has 1 fully saturated rings. The van der Waals surface area contributed by atoms with Crippen molar-refractivity contribution in [2.45, 2.75) is 26.2 Å². The molecule has 0 bridgehead atoms. The van der Waals surface area contributed by atoms with Gasteiger partial charge in [-0.3, -0.25) is 4.90 Å². The summed E-state index contributed by atoms with van der Waals surface area (Å²) >= 11 is 0. The van der Waals surface area contributed by atoms with Crippen molar-refractivity contribution in [3.63, 3.8) is 0 Å². The average molecular weight is 238 g/mol. The predicted molar refractivity (Wildman–Crippen MR) is 70.9 cm³/mol. The van der Waals surface area contributed by atoms with Crippen LogP contribution in [-0.4, -0.2) is 62.2 Å². The highest BCUT2D eigenvalue weighted by molar-refractivity contribution is 4.80. The van der Waals surface area contributed by atoms with E-state index in [9.17, 15) is 0 Å². The Kier molecular flexibility index (Phi) is 7.98. The van der Waals surface area contributed by atoms with E-state index in [1.165, 1.54) is 25.8 Å². The molecule has 0 radical (unpaired) electrons. The Labute approximate surface area is 106 Å². The maximum atomic E-state index is 8.62. The second-order valence-corrected chi connectivity index (χ2v) is 4.69. The first-order chi connectivity index (χ1) is 8.36. The van der Waals surface area contributed by atoms with Crippen LogP contribution < -0.4 is 5.32 Å². The van der Waals surface area contributed by atoms with Gasteiger partial charge in [-0.2, -0.15) is 5.26 Å². The number of unbranched alkanes of at least 4 members (excludes halogenated alkanes) is 2. The molecule has 1 saturated heterocycles. The van der Waals surface area contributed by atoms with Crippen molar-refractivity contribution in [1.82, 2.24) is 15.1 Å². The number of nitrogens with zero attached hydrogens (tertiary/aromatic N) is 3. The number of hydrogen-bond donors (Lipinski definition) is 1. The summed E-state index contributed by atoms with van der Waals surface area (Å²) in [6.07, 6.45) is 3.93. The first-order valence-electron chi connectivity index (χ1n) is 6.89. The van der Waals surface area contributed by atoms with Crippen molar-refractivity contribution in [2.75, 3.05) is 52.4 Å². The van der Waals surface area contributed by atoms with Gasteiger partial charge in [0.1, 0.15) is 0 Å². The molecule has 1 N–H and O–H groups in total. The van der Waals surface area contributed by atoms with Crippen LogP contribution in [0.2, 0.25) is 0 Å². The zero-order chi connectivity index (χ0) is 12.3. The largest absolute Gasteiger partial charge is 0.317 e. The maximum Gasteiger partial charge on any atom is 0.0866 e. The molecule has 0 aromatic carbocycles. The maximum absolute atomic E-state index is 8.62. The lowest BCUT2D eigenvalue weighted by molar-refractivity contribution is 0.142. The summed E-state index contributed by atoms with van der Waals surface area (Å²) in [6.45, 7) is 10.6. The molecule has 0 unspecified atom stereocenters. The summed E-state index contributed by atoms with van der Waals surface area (Å²) in [5.41, 5.74) is 0. The number of nitrogens with one attached hydrogen (secondary N) is 1. The van der Waals surface area contributed by atoms with Gasteiger partial charge in [0.05, 0.1) is 12.6 Å². The summed E-state index contributed by atoms with van der Waals surface area (Å²) in [5.74, 6) is 0. The Morgan fingerprint density at radius 2 is 1.76 bits per heavy atom. The van der Waals surface area contributed by atoms with Crippen molar-refractivity contribution in [1.29, 1.82) is 5.26 Å². The van der Waals surface area contributed by atoms with Gasteiger partial charge in [0, 0.05) is 26.2 Å². The van der Waals surface area contributed by atoms with E-state index in [4.69, 9.17) is 5.26 Å². The second kappa shape index (κ2) is 9.41. The number of nitriles is 1. The minimum absolute atomic E-state index is 0.594. The van der Waals surface area contributed by atoms with Crippen LogP contribution in [0, 0.1) is 11.3 Å². The molecule has 1 aliphatic rings. The van der Waals surface area contributed by atoms with Crippen molar-refractivity contribution < 1.29 is 0 Å². The van der Waals surface area contributed by atoms with Crippen LogP contribution in [-0.2, 0) is 0 Å². The van der Waals surface area contributed by atoms with Crippen LogP contribution in [0.15, 0.2) is 0 Å². The molecule has 0 amide bonds. The highest BCUT2D eigenvalue weighted by atomic mass is 15.3. The first-order valence-corrected chi connectivity index (χ1v) is 6.89. The molecule has 0 saturated carbocycles. The first kappa shape index (κ1) is 14.4. The smallest absolute Gasteiger partial charge is 0.0866 e. The van der Waals surface area contributed by atoms with Crippen LogP contribution in [0.1, 0.15) is 26.2 Å². The third-order valence-corrected chi connectivity index (χ3v) is 3.34. The van der Waals surface area contributed by atoms with E-state index < -0.39 is 0 Å². The lowest BCUT2D eigenvalue weighted by atomic mass is 10.2. The molecule has 0 spiro atoms. The summed E-state index contributed by atoms with van der Waals surface area (Å²) in [4.78, 5) is 4.77. The van der Waals surface area contributed by atoms with Crippen LogP contribution in [0.3, 0.4) is 0 Å². The Morgan fingerprint density at radius 3 is 2.41 bits per heavy atom. The average Bonchev–Trinajstić information content (AvgIpc) is 2.36. The summed E-state index contributed by atoms with van der Waals surface area (Å²) in [6, 6.07) is 2.22. The van der Waals surface area contributed by atoms with Gasteiger partial charge in [-0.1, -0.05) is 13.3 Å². The zero-order valence-corrected chi connectivity index (χ0v) is 11.1. The molecule has 98 valence electrons. The fourth-order valence-electron chi connectivity index (χ4n) is 2.21. The highest BCUT2D eigenvalue weighted by Crippen LogP contribution is 2.04. The molecular weight excluding hydrogens is 212 g/mol. The summed E-state index contributed by atoms with van der Waals surface area (Å²) < 4.78 is 0. The lowest BCUT2D eigenvalue weighted by Gasteiger charge is -2.33. The lowest BCUT2D eigenvalue weighted by Crippen LogP contribution is -2.46. The van der Waals surface area contributed by atoms with E-state index in [0.29, 0.717) is 6.54 Å². The van der Waals surface area contributed by atoms with E-state index in [-0.39, 0.29) is 0 Å². The molecule has 0 aliphatic carbocycles. The standard InChI is InChI=1S/C13H26N4/c1-2-15-7-4-3-5-8-16-10-12-17(9-6-14)13-11-16/h15H,2-5,7-13H2,1H3. The van der Waals surface area contributed by atoms with Gasteiger partial charge in [0.2, 0.25) is 0 Å². The fourth-order valence-corrected chi connectivity index (χ4v) is 2.21. The quantitative estimate of drug-likeness (QED) is 0.504. The number of hydrogen-bond acceptors (Lipinski definition) is 4. The summed E-state index contributed by atoms with van der Waals surface area (Å²) in [7, 11) is 0. The SMILES string of the molecule is CCNCCCCCN1CCN(CC#N)CC1. The molecule has 4 nitrogen and oxygen atoms in total. The molecular formula is C13H26N4. The Bertz CT molecular complexity index is 216. The van der Waals surface area contributed by atoms with Crippen molar-refractivity contribution in [2.24, 2.45) is 0 Å². The molecule has 0 atom stereocenters. The van der Waals surface area contributed by atoms with E-state index in [0.717, 1.165) is 39.3 Å². The fraction of sp³-hybridized carbons (Fsp3) is 0.923. The second-order valence-electron chi connectivity index (χ2n) is 4.69. The van der Waals surface area contributed by atoms with Crippen LogP contribution in [0.5, 0.6) is 0 Å². The highest BCUT2D eigenvalue weighted by Gasteiger charge is 2.15. The van der Waals surface area contributed by atoms with E-state index in [2.05, 4.69) is 28.1 Å². The van der Waals surface area contributed by atoms with Gasteiger partial charge < -0.3 is 10.2 Å². The normalized spacial score (nSPS) is 18.1. The van der Waals surface area contributed by atoms with E-state index in [1.807, 2.05) is 0 Å². The zero-order valence-electron chi connectivity index (χ0n) is 11.1. The van der Waals surface area contributed by atoms with Gasteiger partial charge in [-0.15, -0.1) is 0 Å². The Morgan fingerprint density at radius 1 is 1.06 bits per heavy atom. The number of piperazine rings is 1. The molecule has 1 aliphatic heterocycles. The topological polar surface area (TPSA) is 42.3 Å². The van der Waals surface area contributed by atoms with Gasteiger partial charge in [-0.05, 0) is 32.5 Å². The third kappa shape index (κ3) is 6.62. The molecule has 4 heteroatoms. The van der Waals surface area contributed by atoms with Gasteiger partial charge >= 0.3 is 0 Å². The molecule has 1 rings (SSSR count). The third-order valence-electron chi connectivity index (χ3n) is 3.34. The van der Waals surface area contributed by atoms with Crippen molar-refractivity contribution >= 4 is 0 Å². The molecule has 1 heterocycles. The number of rotatable bonds is 8. The van der Waals surface area contributed by atoms with Gasteiger partial charge in [0.25, 0.3) is 0 Å². The molecule has 17 heavy (non-hydrogen) atoms. The Hall–Kier alpha value is -0.630. The van der Waals surface area contributed by atoms with Crippen molar-refractivity contribution in [3.8, 4) is 6.07 Å². The van der Waals surface area contributed by atoms with Crippen molar-refractivity contribution in [3.05, 3.63) is 0 Å². The van der Waals surface area contributed by atoms with Crippen LogP contribution in [0.25, 0.3) is 0 Å². The monoisotopic (exact) mass is 238 g/mol. The van der Waals surface area contributed by atoms with Crippen LogP contribution >= 0.6 is 0 Å². The van der Waals surface area contributed by atoms with Crippen LogP contribution in [0.4, 0.5) is 0 Å². The van der Waals surface area contributed by atoms with Gasteiger partial charge in [-0.25, -0.2) is 0 Å². The molecule has 0 aromatic rings. The Balaban J connectivity index is 1.94. The predicted octanol–water partition coefficient (Wildman–Crippen LogP) is 0.907. The summed E-state index contributed by atoms with van der Waals surface area (Å²) in [5, 5.41) is 12.0. The van der Waals surface area contributed by atoms with Gasteiger partial charge in [0.15, 0.2) is 0 Å². The minimum Gasteiger partial charge on any atom is -0.317 e. The minimum atomic E-state index is 0.594. The van der Waals surface area contributed by atoms with E-state index in [1.54, 1.807) is 0 Å². The van der Waals surface area contributed by atoms with E-state index >= 15 is 0 Å². The molecule has 0 aromatic heterocycles.